The fraction of sp³-hybridized carbons (Fsp3) is 0.727. The number of ether oxygens (including phenoxy) is 1. The van der Waals surface area contributed by atoms with Crippen LogP contribution in [-0.2, 0) is 11.3 Å². The van der Waals surface area contributed by atoms with Crippen molar-refractivity contribution in [3.63, 3.8) is 0 Å². The zero-order valence-corrected chi connectivity index (χ0v) is 10.6. The molecule has 0 aliphatic rings. The molecule has 4 heteroatoms. The molecule has 0 atom stereocenters. The second kappa shape index (κ2) is 6.08. The Bertz CT molecular complexity index is 341. The van der Waals surface area contributed by atoms with Crippen molar-refractivity contribution < 1.29 is 4.74 Å². The van der Waals surface area contributed by atoms with Gasteiger partial charge in [-0.05, 0) is 31.5 Å². The van der Waals surface area contributed by atoms with E-state index in [1.807, 2.05) is 6.20 Å². The van der Waals surface area contributed by atoms with Gasteiger partial charge in [0.15, 0.2) is 4.77 Å². The first-order valence-electron chi connectivity index (χ1n) is 5.44. The fourth-order valence-corrected chi connectivity index (χ4v) is 1.70. The predicted octanol–water partition coefficient (Wildman–Crippen LogP) is 2.92. The van der Waals surface area contributed by atoms with Crippen LogP contribution in [-0.4, -0.2) is 22.8 Å². The van der Waals surface area contributed by atoms with Crippen molar-refractivity contribution in [1.29, 1.82) is 0 Å². The van der Waals surface area contributed by atoms with Gasteiger partial charge in [0.2, 0.25) is 0 Å². The van der Waals surface area contributed by atoms with Crippen LogP contribution >= 0.6 is 12.2 Å². The lowest BCUT2D eigenvalue weighted by Crippen LogP contribution is -2.07. The third-order valence-electron chi connectivity index (χ3n) is 2.20. The molecule has 0 saturated carbocycles. The topological polar surface area (TPSA) is 29.9 Å². The number of nitrogens with one attached hydrogen (secondary N) is 1. The number of aromatic amines is 1. The summed E-state index contributed by atoms with van der Waals surface area (Å²) in [5.41, 5.74) is 1.18. The second-order valence-electron chi connectivity index (χ2n) is 4.21. The average Bonchev–Trinajstić information content (AvgIpc) is 2.47. The quantitative estimate of drug-likeness (QED) is 0.599. The summed E-state index contributed by atoms with van der Waals surface area (Å²) in [6, 6.07) is 0. The normalized spacial score (nSPS) is 11.2. The minimum Gasteiger partial charge on any atom is -0.381 e. The number of H-pyrrole nitrogens is 1. The van der Waals surface area contributed by atoms with Crippen molar-refractivity contribution in [1.82, 2.24) is 9.55 Å². The number of rotatable bonds is 6. The minimum absolute atomic E-state index is 0.612. The number of aryl methyl sites for hydroxylation is 1. The molecule has 3 nitrogen and oxygen atoms in total. The monoisotopic (exact) mass is 228 g/mol. The van der Waals surface area contributed by atoms with Crippen LogP contribution in [0, 0.1) is 17.6 Å². The van der Waals surface area contributed by atoms with Gasteiger partial charge in [-0.15, -0.1) is 0 Å². The van der Waals surface area contributed by atoms with Crippen LogP contribution in [0.15, 0.2) is 6.20 Å². The molecule has 15 heavy (non-hydrogen) atoms. The van der Waals surface area contributed by atoms with Crippen LogP contribution in [0.25, 0.3) is 0 Å². The van der Waals surface area contributed by atoms with E-state index in [1.54, 1.807) is 0 Å². The molecule has 0 aliphatic heterocycles. The maximum atomic E-state index is 5.52. The summed E-state index contributed by atoms with van der Waals surface area (Å²) in [6.07, 6.45) is 2.96. The summed E-state index contributed by atoms with van der Waals surface area (Å²) in [7, 11) is 0. The highest BCUT2D eigenvalue weighted by atomic mass is 32.1. The fourth-order valence-electron chi connectivity index (χ4n) is 1.40. The van der Waals surface area contributed by atoms with Crippen LogP contribution in [0.4, 0.5) is 0 Å². The number of imidazole rings is 1. The smallest absolute Gasteiger partial charge is 0.177 e. The van der Waals surface area contributed by atoms with Crippen molar-refractivity contribution in [3.8, 4) is 0 Å². The molecular weight excluding hydrogens is 208 g/mol. The molecule has 0 aliphatic carbocycles. The van der Waals surface area contributed by atoms with Gasteiger partial charge in [-0.2, -0.15) is 0 Å². The maximum absolute atomic E-state index is 5.52. The van der Waals surface area contributed by atoms with E-state index in [2.05, 4.69) is 30.3 Å². The molecule has 0 aromatic carbocycles. The molecule has 1 heterocycles. The largest absolute Gasteiger partial charge is 0.381 e. The summed E-state index contributed by atoms with van der Waals surface area (Å²) in [5.74, 6) is 0.612. The van der Waals surface area contributed by atoms with Crippen LogP contribution in [0.2, 0.25) is 0 Å². The average molecular weight is 228 g/mol. The van der Waals surface area contributed by atoms with E-state index in [-0.39, 0.29) is 0 Å². The summed E-state index contributed by atoms with van der Waals surface area (Å²) in [5, 5.41) is 0. The molecule has 1 N–H and O–H groups in total. The van der Waals surface area contributed by atoms with Crippen molar-refractivity contribution in [3.05, 3.63) is 16.7 Å². The van der Waals surface area contributed by atoms with E-state index < -0.39 is 0 Å². The first-order valence-corrected chi connectivity index (χ1v) is 5.84. The van der Waals surface area contributed by atoms with Crippen LogP contribution in [0.1, 0.15) is 26.0 Å². The molecule has 0 unspecified atom stereocenters. The van der Waals surface area contributed by atoms with E-state index in [9.17, 15) is 0 Å². The molecule has 1 aromatic rings. The van der Waals surface area contributed by atoms with E-state index >= 15 is 0 Å². The number of nitrogens with zero attached hydrogens (tertiary/aromatic N) is 1. The predicted molar refractivity (Wildman–Crippen MR) is 64.6 cm³/mol. The second-order valence-corrected chi connectivity index (χ2v) is 4.60. The zero-order valence-electron chi connectivity index (χ0n) is 9.75. The van der Waals surface area contributed by atoms with Gasteiger partial charge in [0.05, 0.1) is 0 Å². The van der Waals surface area contributed by atoms with Gasteiger partial charge in [0, 0.05) is 31.6 Å². The SMILES string of the molecule is Cc1c[nH]c(=S)n1CCCOCC(C)C. The van der Waals surface area contributed by atoms with Crippen molar-refractivity contribution in [2.75, 3.05) is 13.2 Å². The van der Waals surface area contributed by atoms with Gasteiger partial charge in [-0.3, -0.25) is 0 Å². The van der Waals surface area contributed by atoms with Crippen LogP contribution in [0.3, 0.4) is 0 Å². The lowest BCUT2D eigenvalue weighted by molar-refractivity contribution is 0.105. The van der Waals surface area contributed by atoms with Gasteiger partial charge in [0.1, 0.15) is 0 Å². The lowest BCUT2D eigenvalue weighted by atomic mass is 10.2. The van der Waals surface area contributed by atoms with E-state index in [4.69, 9.17) is 17.0 Å². The standard InChI is InChI=1S/C11H20N2OS/c1-9(2)8-14-6-4-5-13-10(3)7-12-11(13)15/h7,9H,4-6,8H2,1-3H3,(H,12,15). The highest BCUT2D eigenvalue weighted by Crippen LogP contribution is 2.02. The van der Waals surface area contributed by atoms with Gasteiger partial charge in [-0.1, -0.05) is 13.8 Å². The van der Waals surface area contributed by atoms with Gasteiger partial charge < -0.3 is 14.3 Å². The van der Waals surface area contributed by atoms with E-state index in [1.165, 1.54) is 5.69 Å². The summed E-state index contributed by atoms with van der Waals surface area (Å²) in [4.78, 5) is 3.03. The Balaban J connectivity index is 2.23. The van der Waals surface area contributed by atoms with Gasteiger partial charge in [0.25, 0.3) is 0 Å². The van der Waals surface area contributed by atoms with Crippen molar-refractivity contribution in [2.45, 2.75) is 33.7 Å². The van der Waals surface area contributed by atoms with E-state index in [0.29, 0.717) is 5.92 Å². The number of hydrogen-bond acceptors (Lipinski definition) is 2. The molecule has 1 rings (SSSR count). The Morgan fingerprint density at radius 2 is 2.27 bits per heavy atom. The van der Waals surface area contributed by atoms with Crippen LogP contribution in [0.5, 0.6) is 0 Å². The van der Waals surface area contributed by atoms with Crippen molar-refractivity contribution >= 4 is 12.2 Å². The van der Waals surface area contributed by atoms with Crippen LogP contribution < -0.4 is 0 Å². The third-order valence-corrected chi connectivity index (χ3v) is 2.54. The third kappa shape index (κ3) is 4.18. The molecule has 0 bridgehead atoms. The van der Waals surface area contributed by atoms with Gasteiger partial charge in [-0.25, -0.2) is 0 Å². The molecular formula is C11H20N2OS. The Labute approximate surface area is 96.5 Å². The molecule has 0 fully saturated rings. The Hall–Kier alpha value is -0.610. The highest BCUT2D eigenvalue weighted by Gasteiger charge is 1.99. The zero-order chi connectivity index (χ0) is 11.3. The molecule has 0 radical (unpaired) electrons. The first kappa shape index (κ1) is 12.5. The Kier molecular flexibility index (Phi) is 5.05. The molecule has 0 amide bonds. The Morgan fingerprint density at radius 1 is 1.53 bits per heavy atom. The summed E-state index contributed by atoms with van der Waals surface area (Å²) >= 11 is 5.16. The maximum Gasteiger partial charge on any atom is 0.177 e. The molecule has 0 spiro atoms. The molecule has 1 aromatic heterocycles. The number of hydrogen-bond donors (Lipinski definition) is 1. The summed E-state index contributed by atoms with van der Waals surface area (Å²) in [6.45, 7) is 8.97. The van der Waals surface area contributed by atoms with E-state index in [0.717, 1.165) is 31.0 Å². The molecule has 86 valence electrons. The van der Waals surface area contributed by atoms with Gasteiger partial charge >= 0.3 is 0 Å². The number of aromatic nitrogens is 2. The summed E-state index contributed by atoms with van der Waals surface area (Å²) < 4.78 is 8.42. The highest BCUT2D eigenvalue weighted by molar-refractivity contribution is 7.71. The first-order chi connectivity index (χ1) is 7.11. The molecule has 0 saturated heterocycles. The lowest BCUT2D eigenvalue weighted by Gasteiger charge is -2.08. The minimum atomic E-state index is 0.612. The van der Waals surface area contributed by atoms with Crippen molar-refractivity contribution in [2.24, 2.45) is 5.92 Å². The Morgan fingerprint density at radius 3 is 2.80 bits per heavy atom.